The highest BCUT2D eigenvalue weighted by Gasteiger charge is 2.65. The first-order chi connectivity index (χ1) is 27.0. The van der Waals surface area contributed by atoms with E-state index in [2.05, 4.69) is 138 Å². The van der Waals surface area contributed by atoms with Crippen LogP contribution in [0.1, 0.15) is 104 Å². The van der Waals surface area contributed by atoms with Crippen LogP contribution in [0.3, 0.4) is 0 Å². The molecule has 6 atom stereocenters. The van der Waals surface area contributed by atoms with Crippen molar-refractivity contribution < 1.29 is 23.4 Å². The summed E-state index contributed by atoms with van der Waals surface area (Å²) >= 11 is 0. The molecule has 4 aliphatic carbocycles. The van der Waals surface area contributed by atoms with Gasteiger partial charge in [-0.15, -0.1) is 0 Å². The van der Waals surface area contributed by atoms with Gasteiger partial charge in [0.15, 0.2) is 11.6 Å². The number of ether oxygens (including phenoxy) is 4. The standard InChI is InChI=1S/C50H64O5Si/c1-46(2,3)56(40-14-8-6-9-15-40,41-16-10-7-11-17-41)55-36-38-20-18-37(19-21-38)13-12-27-49-28-26-43-42(44(49)24-25-45(49)48(5)51-31-32-52-48)23-22-39-35-50(53-33-34-54-50)30-29-47(39,43)4/h6-22,42-45H,23-36H2,1-5H3/t42-,43-,44+,45-,47-,49+/m1/s1. The second kappa shape index (κ2) is 14.8. The predicted molar refractivity (Wildman–Crippen MR) is 227 cm³/mol. The van der Waals surface area contributed by atoms with Gasteiger partial charge in [-0.3, -0.25) is 0 Å². The number of hydrogen-bond donors (Lipinski definition) is 0. The molecule has 0 bridgehead atoms. The molecule has 3 saturated carbocycles. The van der Waals surface area contributed by atoms with Crippen LogP contribution < -0.4 is 10.4 Å². The summed E-state index contributed by atoms with van der Waals surface area (Å²) in [4.78, 5) is 0. The molecule has 0 N–H and O–H groups in total. The van der Waals surface area contributed by atoms with E-state index in [1.165, 1.54) is 60.0 Å². The van der Waals surface area contributed by atoms with Crippen molar-refractivity contribution in [3.63, 3.8) is 0 Å². The highest BCUT2D eigenvalue weighted by atomic mass is 28.4. The van der Waals surface area contributed by atoms with Gasteiger partial charge in [-0.25, -0.2) is 0 Å². The van der Waals surface area contributed by atoms with Crippen molar-refractivity contribution in [1.82, 2.24) is 0 Å². The quantitative estimate of drug-likeness (QED) is 0.160. The fraction of sp³-hybridized carbons (Fsp3) is 0.560. The second-order valence-corrected chi connectivity index (χ2v) is 23.8. The van der Waals surface area contributed by atoms with Gasteiger partial charge in [0.25, 0.3) is 8.32 Å². The van der Waals surface area contributed by atoms with E-state index < -0.39 is 14.1 Å². The molecule has 0 aromatic heterocycles. The minimum absolute atomic E-state index is 0.0505. The summed E-state index contributed by atoms with van der Waals surface area (Å²) in [5.41, 5.74) is 4.50. The van der Waals surface area contributed by atoms with Crippen LogP contribution in [0, 0.1) is 34.5 Å². The number of allylic oxidation sites excluding steroid dienone is 2. The molecule has 3 aromatic rings. The van der Waals surface area contributed by atoms with Gasteiger partial charge in [0.05, 0.1) is 33.0 Å². The average Bonchev–Trinajstić information content (AvgIpc) is 3.96. The number of rotatable bonds is 9. The molecule has 0 unspecified atom stereocenters. The smallest absolute Gasteiger partial charge is 0.261 e. The second-order valence-electron chi connectivity index (χ2n) is 19.5. The molecule has 2 saturated heterocycles. The van der Waals surface area contributed by atoms with Crippen LogP contribution in [0.4, 0.5) is 0 Å². The van der Waals surface area contributed by atoms with E-state index in [4.69, 9.17) is 23.4 Å². The Labute approximate surface area is 337 Å². The van der Waals surface area contributed by atoms with Crippen LogP contribution in [0.15, 0.2) is 103 Å². The van der Waals surface area contributed by atoms with Crippen molar-refractivity contribution in [2.75, 3.05) is 26.4 Å². The summed E-state index contributed by atoms with van der Waals surface area (Å²) in [6.07, 6.45) is 17.9. The zero-order chi connectivity index (χ0) is 38.7. The minimum Gasteiger partial charge on any atom is -0.403 e. The lowest BCUT2D eigenvalue weighted by molar-refractivity contribution is -0.219. The maximum atomic E-state index is 7.26. The number of benzene rings is 3. The van der Waals surface area contributed by atoms with E-state index in [1.807, 2.05) is 0 Å². The first kappa shape index (κ1) is 38.7. The van der Waals surface area contributed by atoms with Crippen molar-refractivity contribution in [1.29, 1.82) is 0 Å². The summed E-state index contributed by atoms with van der Waals surface area (Å²) in [7, 11) is -2.61. The van der Waals surface area contributed by atoms with Gasteiger partial charge in [-0.1, -0.05) is 136 Å². The van der Waals surface area contributed by atoms with Crippen molar-refractivity contribution in [3.8, 4) is 0 Å². The Hall–Kier alpha value is -2.84. The van der Waals surface area contributed by atoms with Crippen LogP contribution in [-0.2, 0) is 30.0 Å². The molecule has 3 aromatic carbocycles. The first-order valence-corrected chi connectivity index (χ1v) is 23.7. The Morgan fingerprint density at radius 2 is 1.38 bits per heavy atom. The van der Waals surface area contributed by atoms with Gasteiger partial charge < -0.3 is 23.4 Å². The highest BCUT2D eigenvalue weighted by molar-refractivity contribution is 6.99. The van der Waals surface area contributed by atoms with Crippen molar-refractivity contribution in [2.24, 2.45) is 34.5 Å². The monoisotopic (exact) mass is 772 g/mol. The van der Waals surface area contributed by atoms with E-state index >= 15 is 0 Å². The third-order valence-corrected chi connectivity index (χ3v) is 20.8. The van der Waals surface area contributed by atoms with Gasteiger partial charge in [-0.05, 0) is 107 Å². The van der Waals surface area contributed by atoms with Gasteiger partial charge in [0.1, 0.15) is 0 Å². The summed E-state index contributed by atoms with van der Waals surface area (Å²) < 4.78 is 32.7. The zero-order valence-electron chi connectivity index (χ0n) is 34.6. The van der Waals surface area contributed by atoms with Gasteiger partial charge in [-0.2, -0.15) is 0 Å². The maximum Gasteiger partial charge on any atom is 0.261 e. The molecular formula is C50H64O5Si. The summed E-state index contributed by atoms with van der Waals surface area (Å²) in [6, 6.07) is 31.0. The van der Waals surface area contributed by atoms with Crippen LogP contribution in [0.2, 0.25) is 5.04 Å². The Bertz CT molecular complexity index is 1850. The van der Waals surface area contributed by atoms with E-state index in [0.29, 0.717) is 37.6 Å². The summed E-state index contributed by atoms with van der Waals surface area (Å²) in [5.74, 6) is 1.65. The van der Waals surface area contributed by atoms with Gasteiger partial charge in [0.2, 0.25) is 0 Å². The van der Waals surface area contributed by atoms with E-state index in [0.717, 1.165) is 38.4 Å². The molecule has 6 aliphatic rings. The Morgan fingerprint density at radius 3 is 2.02 bits per heavy atom. The number of fused-ring (bicyclic) bond motifs is 5. The molecule has 5 nitrogen and oxygen atoms in total. The lowest BCUT2D eigenvalue weighted by Gasteiger charge is -2.60. The normalized spacial score (nSPS) is 32.3. The van der Waals surface area contributed by atoms with Crippen LogP contribution in [-0.4, -0.2) is 46.3 Å². The largest absolute Gasteiger partial charge is 0.403 e. The molecule has 56 heavy (non-hydrogen) atoms. The molecular weight excluding hydrogens is 709 g/mol. The van der Waals surface area contributed by atoms with Gasteiger partial charge in [0, 0.05) is 18.8 Å². The van der Waals surface area contributed by atoms with E-state index in [9.17, 15) is 0 Å². The minimum atomic E-state index is -2.61. The average molecular weight is 773 g/mol. The molecule has 2 heterocycles. The third-order valence-electron chi connectivity index (χ3n) is 15.8. The van der Waals surface area contributed by atoms with Crippen molar-refractivity contribution in [3.05, 3.63) is 114 Å². The Kier molecular flexibility index (Phi) is 10.2. The third kappa shape index (κ3) is 6.46. The topological polar surface area (TPSA) is 46.2 Å². The molecule has 2 aliphatic heterocycles. The molecule has 0 radical (unpaired) electrons. The van der Waals surface area contributed by atoms with Gasteiger partial charge >= 0.3 is 0 Å². The summed E-state index contributed by atoms with van der Waals surface area (Å²) in [5, 5.41) is 2.58. The highest BCUT2D eigenvalue weighted by Crippen LogP contribution is 2.70. The molecule has 1 spiro atoms. The molecule has 0 amide bonds. The number of hydrogen-bond acceptors (Lipinski definition) is 5. The predicted octanol–water partition coefficient (Wildman–Crippen LogP) is 10.2. The lowest BCUT2D eigenvalue weighted by atomic mass is 9.46. The molecule has 298 valence electrons. The van der Waals surface area contributed by atoms with E-state index in [-0.39, 0.29) is 21.7 Å². The Morgan fingerprint density at radius 1 is 0.732 bits per heavy atom. The van der Waals surface area contributed by atoms with Crippen molar-refractivity contribution >= 4 is 24.8 Å². The van der Waals surface area contributed by atoms with Crippen LogP contribution in [0.25, 0.3) is 6.08 Å². The summed E-state index contributed by atoms with van der Waals surface area (Å²) in [6.45, 7) is 15.3. The molecule has 5 fully saturated rings. The van der Waals surface area contributed by atoms with Crippen LogP contribution >= 0.6 is 0 Å². The zero-order valence-corrected chi connectivity index (χ0v) is 35.6. The van der Waals surface area contributed by atoms with Crippen LogP contribution in [0.5, 0.6) is 0 Å². The fourth-order valence-corrected chi connectivity index (χ4v) is 17.7. The molecule has 6 heteroatoms. The van der Waals surface area contributed by atoms with Crippen molar-refractivity contribution in [2.45, 2.75) is 116 Å². The lowest BCUT2D eigenvalue weighted by Crippen LogP contribution is -2.66. The van der Waals surface area contributed by atoms with E-state index in [1.54, 1.807) is 5.57 Å². The SMILES string of the molecule is CC1([C@H]2CC[C@H]3[C@@H]4CC=C5CC6(CC[C@@]5(C)[C@@H]4CC[C@]23CC=Cc2ccc(CO[Si](c3ccccc3)(c3ccccc3)C(C)(C)C)cc2)OCCO6)OCCO1. The first-order valence-electron chi connectivity index (χ1n) is 21.8. The molecule has 9 rings (SSSR count). The fourth-order valence-electron chi connectivity index (χ4n) is 13.2. The maximum absolute atomic E-state index is 7.26. The Balaban J connectivity index is 0.943.